The summed E-state index contributed by atoms with van der Waals surface area (Å²) in [5.41, 5.74) is -0.811. The molecule has 0 saturated heterocycles. The smallest absolute Gasteiger partial charge is 0.326 e. The molecule has 0 aliphatic carbocycles. The molecule has 1 aromatic rings. The molecule has 1 aromatic carbocycles. The summed E-state index contributed by atoms with van der Waals surface area (Å²) >= 11 is 0. The summed E-state index contributed by atoms with van der Waals surface area (Å²) in [6, 6.07) is 0.529. The fraction of sp³-hybridized carbons (Fsp3) is 0.385. The highest BCUT2D eigenvalue weighted by Gasteiger charge is 2.32. The number of benzene rings is 1. The molecule has 0 spiro atoms. The van der Waals surface area contributed by atoms with Crippen molar-refractivity contribution >= 4 is 17.7 Å². The maximum absolute atomic E-state index is 13.0. The highest BCUT2D eigenvalue weighted by molar-refractivity contribution is 5.92. The molecule has 110 valence electrons. The van der Waals surface area contributed by atoms with Gasteiger partial charge < -0.3 is 15.7 Å². The van der Waals surface area contributed by atoms with Crippen molar-refractivity contribution < 1.29 is 23.5 Å². The lowest BCUT2D eigenvalue weighted by molar-refractivity contribution is -0.141. The molecular weight excluding hydrogens is 270 g/mol. The molecule has 0 aliphatic rings. The van der Waals surface area contributed by atoms with Crippen molar-refractivity contribution in [3.05, 3.63) is 29.8 Å². The highest BCUT2D eigenvalue weighted by Crippen LogP contribution is 2.20. The first-order chi connectivity index (χ1) is 9.09. The number of amides is 2. The quantitative estimate of drug-likeness (QED) is 0.799. The van der Waals surface area contributed by atoms with Crippen molar-refractivity contribution in [3.63, 3.8) is 0 Å². The Labute approximate surface area is 115 Å². The number of rotatable bonds is 3. The second-order valence-electron chi connectivity index (χ2n) is 5.39. The minimum absolute atomic E-state index is 0.0990. The standard InChI is InChI=1S/C13H16F2N2O3/c1-13(2,3)10(11(18)19)17-12(20)16-9-5-7(14)4-8(15)6-9/h4-6,10H,1-3H3,(H,18,19)(H2,16,17,20)/t10-/m0/s1. The van der Waals surface area contributed by atoms with E-state index in [1.165, 1.54) is 0 Å². The molecule has 2 amide bonds. The van der Waals surface area contributed by atoms with Gasteiger partial charge in [0, 0.05) is 11.8 Å². The fourth-order valence-electron chi connectivity index (χ4n) is 1.57. The first-order valence-electron chi connectivity index (χ1n) is 5.86. The maximum atomic E-state index is 13.0. The van der Waals surface area contributed by atoms with Crippen molar-refractivity contribution in [2.24, 2.45) is 5.41 Å². The normalized spacial score (nSPS) is 12.7. The van der Waals surface area contributed by atoms with E-state index in [2.05, 4.69) is 10.6 Å². The van der Waals surface area contributed by atoms with Crippen molar-refractivity contribution in [2.75, 3.05) is 5.32 Å². The molecular formula is C13H16F2N2O3. The van der Waals surface area contributed by atoms with E-state index >= 15 is 0 Å². The van der Waals surface area contributed by atoms with Crippen LogP contribution in [0.1, 0.15) is 20.8 Å². The van der Waals surface area contributed by atoms with Crippen molar-refractivity contribution in [3.8, 4) is 0 Å². The van der Waals surface area contributed by atoms with Crippen LogP contribution in [0.2, 0.25) is 0 Å². The number of carboxylic acid groups (broad SMARTS) is 1. The number of halogens is 2. The number of carboxylic acids is 1. The molecule has 0 heterocycles. The Bertz CT molecular complexity index is 507. The van der Waals surface area contributed by atoms with Crippen LogP contribution in [0.3, 0.4) is 0 Å². The summed E-state index contributed by atoms with van der Waals surface area (Å²) in [5, 5.41) is 13.5. The van der Waals surface area contributed by atoms with E-state index in [1.807, 2.05) is 0 Å². The Balaban J connectivity index is 2.78. The van der Waals surface area contributed by atoms with E-state index in [1.54, 1.807) is 20.8 Å². The lowest BCUT2D eigenvalue weighted by Gasteiger charge is -2.27. The molecule has 0 fully saturated rings. The minimum atomic E-state index is -1.20. The van der Waals surface area contributed by atoms with Crippen LogP contribution in [-0.2, 0) is 4.79 Å². The van der Waals surface area contributed by atoms with Crippen LogP contribution in [0.15, 0.2) is 18.2 Å². The Kier molecular flexibility index (Phi) is 4.65. The fourth-order valence-corrected chi connectivity index (χ4v) is 1.57. The lowest BCUT2D eigenvalue weighted by Crippen LogP contribution is -2.50. The third kappa shape index (κ3) is 4.49. The monoisotopic (exact) mass is 286 g/mol. The lowest BCUT2D eigenvalue weighted by atomic mass is 9.87. The summed E-state index contributed by atoms with van der Waals surface area (Å²) < 4.78 is 25.9. The topological polar surface area (TPSA) is 78.4 Å². The van der Waals surface area contributed by atoms with Gasteiger partial charge in [-0.25, -0.2) is 18.4 Å². The highest BCUT2D eigenvalue weighted by atomic mass is 19.1. The summed E-state index contributed by atoms with van der Waals surface area (Å²) in [5.74, 6) is -2.88. The van der Waals surface area contributed by atoms with Gasteiger partial charge in [0.25, 0.3) is 0 Å². The number of carbonyl (C=O) groups excluding carboxylic acids is 1. The average Bonchev–Trinajstić information content (AvgIpc) is 2.22. The first-order valence-corrected chi connectivity index (χ1v) is 5.86. The van der Waals surface area contributed by atoms with E-state index in [4.69, 9.17) is 5.11 Å². The second kappa shape index (κ2) is 5.85. The van der Waals surface area contributed by atoms with Crippen LogP contribution in [0.5, 0.6) is 0 Å². The van der Waals surface area contributed by atoms with Crippen LogP contribution >= 0.6 is 0 Å². The van der Waals surface area contributed by atoms with E-state index in [-0.39, 0.29) is 5.69 Å². The zero-order valence-corrected chi connectivity index (χ0v) is 11.3. The summed E-state index contributed by atoms with van der Waals surface area (Å²) in [4.78, 5) is 22.7. The number of nitrogens with one attached hydrogen (secondary N) is 2. The minimum Gasteiger partial charge on any atom is -0.480 e. The van der Waals surface area contributed by atoms with Crippen LogP contribution in [0, 0.1) is 17.0 Å². The van der Waals surface area contributed by atoms with Gasteiger partial charge in [-0.15, -0.1) is 0 Å². The van der Waals surface area contributed by atoms with Crippen LogP contribution < -0.4 is 10.6 Å². The van der Waals surface area contributed by atoms with Gasteiger partial charge in [-0.2, -0.15) is 0 Å². The summed E-state index contributed by atoms with van der Waals surface area (Å²) in [7, 11) is 0. The molecule has 0 saturated carbocycles. The van der Waals surface area contributed by atoms with Crippen molar-refractivity contribution in [1.29, 1.82) is 0 Å². The third-order valence-corrected chi connectivity index (χ3v) is 2.51. The third-order valence-electron chi connectivity index (χ3n) is 2.51. The Morgan fingerprint density at radius 3 is 2.05 bits per heavy atom. The molecule has 3 N–H and O–H groups in total. The van der Waals surface area contributed by atoms with Crippen molar-refractivity contribution in [1.82, 2.24) is 5.32 Å². The van der Waals surface area contributed by atoms with Crippen LogP contribution in [0.25, 0.3) is 0 Å². The SMILES string of the molecule is CC(C)(C)[C@@H](NC(=O)Nc1cc(F)cc(F)c1)C(=O)O. The molecule has 1 atom stereocenters. The van der Waals surface area contributed by atoms with Crippen molar-refractivity contribution in [2.45, 2.75) is 26.8 Å². The summed E-state index contributed by atoms with van der Waals surface area (Å²) in [6.45, 7) is 4.94. The zero-order valence-electron chi connectivity index (χ0n) is 11.3. The van der Waals surface area contributed by atoms with Crippen LogP contribution in [0.4, 0.5) is 19.3 Å². The Morgan fingerprint density at radius 2 is 1.65 bits per heavy atom. The molecule has 5 nitrogen and oxygen atoms in total. The molecule has 20 heavy (non-hydrogen) atoms. The van der Waals surface area contributed by atoms with Gasteiger partial charge in [-0.3, -0.25) is 0 Å². The number of aliphatic carboxylic acids is 1. The largest absolute Gasteiger partial charge is 0.480 e. The molecule has 0 bridgehead atoms. The molecule has 7 heteroatoms. The van der Waals surface area contributed by atoms with Gasteiger partial charge in [0.1, 0.15) is 17.7 Å². The molecule has 0 aliphatic heterocycles. The van der Waals surface area contributed by atoms with E-state index < -0.39 is 35.1 Å². The maximum Gasteiger partial charge on any atom is 0.326 e. The van der Waals surface area contributed by atoms with Gasteiger partial charge in [-0.05, 0) is 17.5 Å². The molecule has 1 rings (SSSR count). The van der Waals surface area contributed by atoms with Crippen LogP contribution in [-0.4, -0.2) is 23.1 Å². The number of anilines is 1. The molecule has 0 aromatic heterocycles. The second-order valence-corrected chi connectivity index (χ2v) is 5.39. The average molecular weight is 286 g/mol. The van der Waals surface area contributed by atoms with E-state index in [0.717, 1.165) is 12.1 Å². The predicted octanol–water partition coefficient (Wildman–Crippen LogP) is 2.59. The zero-order chi connectivity index (χ0) is 15.5. The van der Waals surface area contributed by atoms with Gasteiger partial charge in [-0.1, -0.05) is 20.8 Å². The van der Waals surface area contributed by atoms with Gasteiger partial charge in [0.2, 0.25) is 0 Å². The number of hydrogen-bond donors (Lipinski definition) is 3. The van der Waals surface area contributed by atoms with E-state index in [9.17, 15) is 18.4 Å². The number of carbonyl (C=O) groups is 2. The van der Waals surface area contributed by atoms with Gasteiger partial charge >= 0.3 is 12.0 Å². The van der Waals surface area contributed by atoms with E-state index in [0.29, 0.717) is 6.07 Å². The summed E-state index contributed by atoms with van der Waals surface area (Å²) in [6.07, 6.45) is 0. The molecule has 0 unspecified atom stereocenters. The van der Waals surface area contributed by atoms with Gasteiger partial charge in [0.05, 0.1) is 0 Å². The number of hydrogen-bond acceptors (Lipinski definition) is 2. The van der Waals surface area contributed by atoms with Gasteiger partial charge in [0.15, 0.2) is 0 Å². The Hall–Kier alpha value is -2.18. The predicted molar refractivity (Wildman–Crippen MR) is 69.4 cm³/mol. The Morgan fingerprint density at radius 1 is 1.15 bits per heavy atom. The first kappa shape index (κ1) is 15.9. The number of urea groups is 1. The molecule has 0 radical (unpaired) electrons.